The minimum atomic E-state index is -0.404. The summed E-state index contributed by atoms with van der Waals surface area (Å²) in [5.74, 6) is -0.899. The Labute approximate surface area is 180 Å². The number of aryl methyl sites for hydroxylation is 1. The molecule has 0 saturated heterocycles. The van der Waals surface area contributed by atoms with Gasteiger partial charge in [-0.05, 0) is 43.5 Å². The number of esters is 1. The second-order valence-corrected chi connectivity index (χ2v) is 7.76. The maximum Gasteiger partial charge on any atom is 0.306 e. The highest BCUT2D eigenvalue weighted by atomic mass is 16.5. The van der Waals surface area contributed by atoms with Crippen molar-refractivity contribution in [3.8, 4) is 0 Å². The van der Waals surface area contributed by atoms with E-state index in [9.17, 15) is 14.4 Å². The minimum Gasteiger partial charge on any atom is -0.456 e. The molecule has 1 aliphatic rings. The highest BCUT2D eigenvalue weighted by Gasteiger charge is 2.30. The van der Waals surface area contributed by atoms with E-state index in [1.54, 1.807) is 24.3 Å². The van der Waals surface area contributed by atoms with E-state index in [0.717, 1.165) is 22.9 Å². The van der Waals surface area contributed by atoms with Crippen LogP contribution in [0.5, 0.6) is 0 Å². The summed E-state index contributed by atoms with van der Waals surface area (Å²) < 4.78 is 5.25. The van der Waals surface area contributed by atoms with Crippen molar-refractivity contribution in [1.29, 1.82) is 0 Å². The van der Waals surface area contributed by atoms with Crippen molar-refractivity contribution in [2.75, 3.05) is 16.8 Å². The Morgan fingerprint density at radius 3 is 2.77 bits per heavy atom. The summed E-state index contributed by atoms with van der Waals surface area (Å²) in [7, 11) is 0. The van der Waals surface area contributed by atoms with Gasteiger partial charge in [0.2, 0.25) is 5.91 Å². The highest BCUT2D eigenvalue weighted by molar-refractivity contribution is 6.05. The zero-order chi connectivity index (χ0) is 21.8. The molecule has 2 amide bonds. The van der Waals surface area contributed by atoms with Gasteiger partial charge in [0.15, 0.2) is 6.61 Å². The molecule has 3 aromatic rings. The average molecular weight is 419 g/mol. The molecule has 0 spiro atoms. The second kappa shape index (κ2) is 9.04. The van der Waals surface area contributed by atoms with Gasteiger partial charge in [-0.2, -0.15) is 0 Å². The lowest BCUT2D eigenvalue weighted by molar-refractivity contribution is -0.148. The number of carbonyl (C=O) groups excluding carboxylic acids is 3. The molecule has 1 aromatic heterocycles. The lowest BCUT2D eigenvalue weighted by Crippen LogP contribution is -2.41. The Morgan fingerprint density at radius 1 is 1.13 bits per heavy atom. The van der Waals surface area contributed by atoms with Crippen molar-refractivity contribution < 1.29 is 19.1 Å². The Balaban J connectivity index is 1.32. The van der Waals surface area contributed by atoms with E-state index in [-0.39, 0.29) is 37.3 Å². The van der Waals surface area contributed by atoms with E-state index < -0.39 is 5.97 Å². The second-order valence-electron chi connectivity index (χ2n) is 7.76. The molecule has 1 atom stereocenters. The van der Waals surface area contributed by atoms with Crippen LogP contribution in [-0.4, -0.2) is 35.4 Å². The number of rotatable bonds is 6. The number of fused-ring (bicyclic) bond motifs is 2. The van der Waals surface area contributed by atoms with Crippen molar-refractivity contribution in [3.05, 3.63) is 60.3 Å². The van der Waals surface area contributed by atoms with Crippen LogP contribution in [0.15, 0.2) is 54.7 Å². The van der Waals surface area contributed by atoms with Crippen molar-refractivity contribution in [2.45, 2.75) is 38.6 Å². The van der Waals surface area contributed by atoms with Gasteiger partial charge in [-0.25, -0.2) is 0 Å². The number of carbonyl (C=O) groups is 3. The van der Waals surface area contributed by atoms with Crippen LogP contribution in [0.25, 0.3) is 10.9 Å². The van der Waals surface area contributed by atoms with Crippen molar-refractivity contribution in [2.24, 2.45) is 0 Å². The number of aromatic amines is 1. The third-order valence-corrected chi connectivity index (χ3v) is 5.49. The van der Waals surface area contributed by atoms with E-state index in [4.69, 9.17) is 4.74 Å². The largest absolute Gasteiger partial charge is 0.456 e. The minimum absolute atomic E-state index is 0.149. The van der Waals surface area contributed by atoms with E-state index in [0.29, 0.717) is 17.8 Å². The Bertz CT molecular complexity index is 1120. The number of H-pyrrole nitrogens is 1. The average Bonchev–Trinajstić information content (AvgIpc) is 3.11. The number of aromatic nitrogens is 1. The van der Waals surface area contributed by atoms with Crippen LogP contribution in [0, 0.1) is 0 Å². The molecule has 0 saturated carbocycles. The Kier molecular flexibility index (Phi) is 6.02. The standard InChI is InChI=1S/C24H25N3O4/c1-16-13-22(28)26-20-10-4-5-11-21(20)27(16)23(29)15-31-24(30)12-6-7-17-14-25-19-9-3-2-8-18(17)19/h2-5,8-11,14,16,25H,6-7,12-13,15H2,1H3,(H,26,28)/t16-/m1/s1. The zero-order valence-electron chi connectivity index (χ0n) is 17.4. The summed E-state index contributed by atoms with van der Waals surface area (Å²) in [6.45, 7) is 1.46. The summed E-state index contributed by atoms with van der Waals surface area (Å²) >= 11 is 0. The van der Waals surface area contributed by atoms with Gasteiger partial charge in [-0.3, -0.25) is 14.4 Å². The van der Waals surface area contributed by atoms with E-state index >= 15 is 0 Å². The fourth-order valence-electron chi connectivity index (χ4n) is 4.01. The van der Waals surface area contributed by atoms with Gasteiger partial charge in [0.1, 0.15) is 0 Å². The molecule has 0 radical (unpaired) electrons. The predicted molar refractivity (Wildman–Crippen MR) is 119 cm³/mol. The molecule has 1 aliphatic heterocycles. The van der Waals surface area contributed by atoms with E-state index in [1.165, 1.54) is 4.90 Å². The smallest absolute Gasteiger partial charge is 0.306 e. The first-order chi connectivity index (χ1) is 15.0. The Morgan fingerprint density at radius 2 is 1.90 bits per heavy atom. The van der Waals surface area contributed by atoms with Gasteiger partial charge in [0.05, 0.1) is 11.4 Å². The van der Waals surface area contributed by atoms with Crippen LogP contribution in [0.3, 0.4) is 0 Å². The summed E-state index contributed by atoms with van der Waals surface area (Å²) in [5, 5.41) is 3.97. The number of para-hydroxylation sites is 3. The van der Waals surface area contributed by atoms with Gasteiger partial charge in [0, 0.05) is 36.0 Å². The summed E-state index contributed by atoms with van der Waals surface area (Å²) in [6.07, 6.45) is 3.76. The van der Waals surface area contributed by atoms with Gasteiger partial charge in [-0.15, -0.1) is 0 Å². The first-order valence-electron chi connectivity index (χ1n) is 10.4. The predicted octanol–water partition coefficient (Wildman–Crippen LogP) is 3.80. The van der Waals surface area contributed by atoms with E-state index in [2.05, 4.69) is 16.4 Å². The van der Waals surface area contributed by atoms with Crippen LogP contribution in [0.4, 0.5) is 11.4 Å². The molecule has 2 N–H and O–H groups in total. The van der Waals surface area contributed by atoms with Gasteiger partial charge < -0.3 is 19.9 Å². The topological polar surface area (TPSA) is 91.5 Å². The highest BCUT2D eigenvalue weighted by Crippen LogP contribution is 2.31. The van der Waals surface area contributed by atoms with Crippen molar-refractivity contribution >= 4 is 40.1 Å². The molecule has 0 aliphatic carbocycles. The fourth-order valence-corrected chi connectivity index (χ4v) is 4.01. The molecule has 4 rings (SSSR count). The Hall–Kier alpha value is -3.61. The molecule has 2 heterocycles. The third kappa shape index (κ3) is 4.60. The maximum atomic E-state index is 12.8. The normalized spacial score (nSPS) is 15.8. The van der Waals surface area contributed by atoms with Crippen LogP contribution >= 0.6 is 0 Å². The van der Waals surface area contributed by atoms with Crippen molar-refractivity contribution in [3.63, 3.8) is 0 Å². The zero-order valence-corrected chi connectivity index (χ0v) is 17.4. The molecule has 2 aromatic carbocycles. The molecule has 0 bridgehead atoms. The number of amides is 2. The molecular weight excluding hydrogens is 394 g/mol. The maximum absolute atomic E-state index is 12.8. The molecule has 7 heteroatoms. The number of anilines is 2. The third-order valence-electron chi connectivity index (χ3n) is 5.49. The van der Waals surface area contributed by atoms with Gasteiger partial charge in [0.25, 0.3) is 5.91 Å². The first kappa shape index (κ1) is 20.7. The molecular formula is C24H25N3O4. The number of nitrogens with one attached hydrogen (secondary N) is 2. The number of ether oxygens (including phenoxy) is 1. The monoisotopic (exact) mass is 419 g/mol. The van der Waals surface area contributed by atoms with Crippen LogP contribution in [-0.2, 0) is 25.5 Å². The van der Waals surface area contributed by atoms with Crippen LogP contribution in [0.2, 0.25) is 0 Å². The van der Waals surface area contributed by atoms with Gasteiger partial charge in [-0.1, -0.05) is 30.3 Å². The quantitative estimate of drug-likeness (QED) is 0.595. The fraction of sp³-hybridized carbons (Fsp3) is 0.292. The lowest BCUT2D eigenvalue weighted by atomic mass is 10.1. The SMILES string of the molecule is C[C@@H]1CC(=O)Nc2ccccc2N1C(=O)COC(=O)CCCc1c[nH]c2ccccc12. The summed E-state index contributed by atoms with van der Waals surface area (Å²) in [5.41, 5.74) is 3.42. The van der Waals surface area contributed by atoms with Crippen molar-refractivity contribution in [1.82, 2.24) is 4.98 Å². The number of nitrogens with zero attached hydrogens (tertiary/aromatic N) is 1. The first-order valence-corrected chi connectivity index (χ1v) is 10.4. The molecule has 0 unspecified atom stereocenters. The molecule has 7 nitrogen and oxygen atoms in total. The molecule has 160 valence electrons. The number of hydrogen-bond donors (Lipinski definition) is 2. The van der Waals surface area contributed by atoms with Crippen LogP contribution < -0.4 is 10.2 Å². The summed E-state index contributed by atoms with van der Waals surface area (Å²) in [4.78, 5) is 41.9. The van der Waals surface area contributed by atoms with E-state index in [1.807, 2.05) is 31.3 Å². The number of hydrogen-bond acceptors (Lipinski definition) is 4. The molecule has 31 heavy (non-hydrogen) atoms. The van der Waals surface area contributed by atoms with Crippen LogP contribution in [0.1, 0.15) is 31.7 Å². The summed E-state index contributed by atoms with van der Waals surface area (Å²) in [6, 6.07) is 14.8. The lowest BCUT2D eigenvalue weighted by Gasteiger charge is -2.27. The number of benzene rings is 2. The van der Waals surface area contributed by atoms with Gasteiger partial charge >= 0.3 is 5.97 Å². The molecule has 0 fully saturated rings.